The number of hydrogen-bond donors (Lipinski definition) is 3. The van der Waals surface area contributed by atoms with Gasteiger partial charge >= 0.3 is 0 Å². The first-order chi connectivity index (χ1) is 20.8. The molecule has 0 atom stereocenters. The van der Waals surface area contributed by atoms with Crippen molar-refractivity contribution in [2.75, 3.05) is 16.0 Å². The lowest BCUT2D eigenvalue weighted by Gasteiger charge is -2.16. The molecule has 2 amide bonds. The first kappa shape index (κ1) is 29.2. The highest BCUT2D eigenvalue weighted by molar-refractivity contribution is 6.39. The number of amides is 2. The van der Waals surface area contributed by atoms with Crippen LogP contribution < -0.4 is 21.5 Å². The largest absolute Gasteiger partial charge is 0.323 e. The third-order valence-electron chi connectivity index (χ3n) is 6.42. The highest BCUT2D eigenvalue weighted by Crippen LogP contribution is 2.34. The number of benzene rings is 3. The van der Waals surface area contributed by atoms with Gasteiger partial charge in [-0.05, 0) is 60.2 Å². The highest BCUT2D eigenvalue weighted by atomic mass is 35.5. The van der Waals surface area contributed by atoms with Crippen LogP contribution in [0.4, 0.5) is 23.0 Å². The number of para-hydroxylation sites is 2. The van der Waals surface area contributed by atoms with E-state index in [1.807, 2.05) is 0 Å². The molecule has 11 heteroatoms. The molecular formula is C32H24Cl2N6O3. The molecule has 2 heterocycles. The molecule has 0 aliphatic rings. The van der Waals surface area contributed by atoms with Gasteiger partial charge in [0.25, 0.3) is 5.56 Å². The van der Waals surface area contributed by atoms with Crippen molar-refractivity contribution in [3.8, 4) is 11.1 Å². The summed E-state index contributed by atoms with van der Waals surface area (Å²) in [6, 6.07) is 20.8. The van der Waals surface area contributed by atoms with Crippen molar-refractivity contribution in [1.82, 2.24) is 14.5 Å². The van der Waals surface area contributed by atoms with E-state index in [1.54, 1.807) is 79.0 Å². The first-order valence-electron chi connectivity index (χ1n) is 12.9. The van der Waals surface area contributed by atoms with Crippen LogP contribution in [0.5, 0.6) is 0 Å². The number of aromatic nitrogens is 3. The Morgan fingerprint density at radius 3 is 2.19 bits per heavy atom. The summed E-state index contributed by atoms with van der Waals surface area (Å²) in [5, 5.41) is 9.79. The Morgan fingerprint density at radius 2 is 1.51 bits per heavy atom. The van der Waals surface area contributed by atoms with Gasteiger partial charge in [-0.15, -0.1) is 0 Å². The molecule has 0 saturated heterocycles. The second-order valence-electron chi connectivity index (χ2n) is 9.27. The van der Waals surface area contributed by atoms with E-state index in [2.05, 4.69) is 39.1 Å². The van der Waals surface area contributed by atoms with Crippen LogP contribution in [0.2, 0.25) is 10.0 Å². The molecule has 9 nitrogen and oxygen atoms in total. The van der Waals surface area contributed by atoms with Gasteiger partial charge in [-0.1, -0.05) is 66.7 Å². The Labute approximate surface area is 256 Å². The molecule has 0 radical (unpaired) electrons. The standard InChI is InChI=1S/C32H24Cl2N6O3/c1-3-27(41)36-21-14-12-19(13-15-21)18-40-30-20(16-22(31(40)43)29-23(33)8-7-9-24(29)34)17-35-32(39-30)38-26-11-6-5-10-25(26)37-28(42)4-2/h3-17H,1-2,18H2,(H,36,41)(H,37,42)(H,35,38,39). The Balaban J connectivity index is 1.62. The van der Waals surface area contributed by atoms with E-state index < -0.39 is 0 Å². The summed E-state index contributed by atoms with van der Waals surface area (Å²) in [4.78, 5) is 46.8. The normalized spacial score (nSPS) is 10.7. The Kier molecular flexibility index (Phi) is 8.66. The number of carbonyl (C=O) groups is 2. The minimum absolute atomic E-state index is 0.142. The second kappa shape index (κ2) is 12.7. The number of hydrogen-bond acceptors (Lipinski definition) is 6. The van der Waals surface area contributed by atoms with E-state index in [0.717, 1.165) is 5.56 Å². The molecule has 0 aliphatic heterocycles. The van der Waals surface area contributed by atoms with E-state index in [1.165, 1.54) is 16.7 Å². The van der Waals surface area contributed by atoms with E-state index in [0.29, 0.717) is 49.3 Å². The lowest BCUT2D eigenvalue weighted by atomic mass is 10.1. The van der Waals surface area contributed by atoms with Crippen molar-refractivity contribution in [3.05, 3.63) is 130 Å². The average molecular weight is 611 g/mol. The molecule has 0 bridgehead atoms. The molecule has 3 aromatic carbocycles. The summed E-state index contributed by atoms with van der Waals surface area (Å²) in [5.41, 5.74) is 3.08. The monoisotopic (exact) mass is 610 g/mol. The predicted octanol–water partition coefficient (Wildman–Crippen LogP) is 6.81. The number of carbonyl (C=O) groups excluding carboxylic acids is 2. The smallest absolute Gasteiger partial charge is 0.260 e. The lowest BCUT2D eigenvalue weighted by molar-refractivity contribution is -0.112. The summed E-state index contributed by atoms with van der Waals surface area (Å²) in [6.45, 7) is 7.09. The van der Waals surface area contributed by atoms with Crippen LogP contribution >= 0.6 is 23.2 Å². The molecule has 0 unspecified atom stereocenters. The minimum Gasteiger partial charge on any atom is -0.323 e. The average Bonchev–Trinajstić information content (AvgIpc) is 3.00. The van der Waals surface area contributed by atoms with E-state index in [-0.39, 0.29) is 29.9 Å². The quantitative estimate of drug-likeness (QED) is 0.158. The van der Waals surface area contributed by atoms with Crippen molar-refractivity contribution in [3.63, 3.8) is 0 Å². The highest BCUT2D eigenvalue weighted by Gasteiger charge is 2.18. The van der Waals surface area contributed by atoms with Crippen LogP contribution in [-0.4, -0.2) is 26.3 Å². The Morgan fingerprint density at radius 1 is 0.860 bits per heavy atom. The fourth-order valence-electron chi connectivity index (χ4n) is 4.37. The van der Waals surface area contributed by atoms with Gasteiger partial charge in [-0.25, -0.2) is 4.98 Å². The number of fused-ring (bicyclic) bond motifs is 1. The van der Waals surface area contributed by atoms with Crippen molar-refractivity contribution in [2.45, 2.75) is 6.54 Å². The molecule has 5 aromatic rings. The maximum Gasteiger partial charge on any atom is 0.260 e. The third kappa shape index (κ3) is 6.48. The van der Waals surface area contributed by atoms with Crippen molar-refractivity contribution in [2.24, 2.45) is 0 Å². The zero-order valence-corrected chi connectivity index (χ0v) is 24.1. The SMILES string of the molecule is C=CC(=O)Nc1ccc(Cn2c(=O)c(-c3c(Cl)cccc3Cl)cc3cnc(Nc4ccccc4NC(=O)C=C)nc32)cc1. The zero-order valence-electron chi connectivity index (χ0n) is 22.6. The summed E-state index contributed by atoms with van der Waals surface area (Å²) < 4.78 is 1.51. The van der Waals surface area contributed by atoms with Gasteiger partial charge in [0, 0.05) is 22.8 Å². The van der Waals surface area contributed by atoms with Gasteiger partial charge in [0.1, 0.15) is 5.65 Å². The van der Waals surface area contributed by atoms with E-state index in [4.69, 9.17) is 23.2 Å². The number of rotatable bonds is 9. The molecule has 0 aliphatic carbocycles. The van der Waals surface area contributed by atoms with Crippen LogP contribution in [0.1, 0.15) is 5.56 Å². The molecule has 3 N–H and O–H groups in total. The summed E-state index contributed by atoms with van der Waals surface area (Å²) in [6.07, 6.45) is 3.94. The van der Waals surface area contributed by atoms with Gasteiger partial charge < -0.3 is 16.0 Å². The Bertz CT molecular complexity index is 1930. The van der Waals surface area contributed by atoms with Gasteiger partial charge in [-0.2, -0.15) is 4.98 Å². The Hall–Kier alpha value is -5.25. The fourth-order valence-corrected chi connectivity index (χ4v) is 4.98. The van der Waals surface area contributed by atoms with E-state index >= 15 is 0 Å². The number of pyridine rings is 1. The van der Waals surface area contributed by atoms with Crippen LogP contribution in [0, 0.1) is 0 Å². The van der Waals surface area contributed by atoms with Crippen molar-refractivity contribution >= 4 is 69.1 Å². The maximum absolute atomic E-state index is 14.1. The minimum atomic E-state index is -0.372. The maximum atomic E-state index is 14.1. The summed E-state index contributed by atoms with van der Waals surface area (Å²) in [5.74, 6) is -0.503. The first-order valence-corrected chi connectivity index (χ1v) is 13.7. The second-order valence-corrected chi connectivity index (χ2v) is 10.1. The molecule has 214 valence electrons. The molecule has 0 saturated carbocycles. The molecule has 2 aromatic heterocycles. The van der Waals surface area contributed by atoms with Crippen LogP contribution in [0.3, 0.4) is 0 Å². The number of nitrogens with one attached hydrogen (secondary N) is 3. The van der Waals surface area contributed by atoms with Crippen LogP contribution in [0.15, 0.2) is 109 Å². The molecular weight excluding hydrogens is 587 g/mol. The van der Waals surface area contributed by atoms with E-state index in [9.17, 15) is 14.4 Å². The zero-order chi connectivity index (χ0) is 30.5. The van der Waals surface area contributed by atoms with Crippen molar-refractivity contribution < 1.29 is 9.59 Å². The third-order valence-corrected chi connectivity index (χ3v) is 7.05. The number of anilines is 4. The molecule has 0 spiro atoms. The van der Waals surface area contributed by atoms with Crippen LogP contribution in [-0.2, 0) is 16.1 Å². The molecule has 0 fully saturated rings. The fraction of sp³-hybridized carbons (Fsp3) is 0.0312. The van der Waals surface area contributed by atoms with Gasteiger partial charge in [0.05, 0.1) is 33.5 Å². The summed E-state index contributed by atoms with van der Waals surface area (Å²) in [7, 11) is 0. The number of halogens is 2. The molecule has 43 heavy (non-hydrogen) atoms. The van der Waals surface area contributed by atoms with Crippen LogP contribution in [0.25, 0.3) is 22.2 Å². The topological polar surface area (TPSA) is 118 Å². The van der Waals surface area contributed by atoms with Gasteiger partial charge in [0.15, 0.2) is 0 Å². The number of nitrogens with zero attached hydrogens (tertiary/aromatic N) is 3. The van der Waals surface area contributed by atoms with Crippen molar-refractivity contribution in [1.29, 1.82) is 0 Å². The predicted molar refractivity (Wildman–Crippen MR) is 172 cm³/mol. The lowest BCUT2D eigenvalue weighted by Crippen LogP contribution is -2.24. The summed E-state index contributed by atoms with van der Waals surface area (Å²) >= 11 is 13.0. The molecule has 5 rings (SSSR count). The van der Waals surface area contributed by atoms with Gasteiger partial charge in [0.2, 0.25) is 17.8 Å². The van der Waals surface area contributed by atoms with Gasteiger partial charge in [-0.3, -0.25) is 19.0 Å².